The molecule has 2 saturated heterocycles. The number of ether oxygens (including phenoxy) is 1. The predicted molar refractivity (Wildman–Crippen MR) is 57.4 cm³/mol. The SMILES string of the molecule is C1CC1c1nnc(N2CC3CC2CO3)s1. The largest absolute Gasteiger partial charge is 0.374 e. The van der Waals surface area contributed by atoms with Crippen LogP contribution in [0.25, 0.3) is 0 Å². The summed E-state index contributed by atoms with van der Waals surface area (Å²) < 4.78 is 5.58. The minimum atomic E-state index is 0.447. The minimum absolute atomic E-state index is 0.447. The Morgan fingerprint density at radius 1 is 1.33 bits per heavy atom. The fourth-order valence-corrected chi connectivity index (χ4v) is 3.57. The van der Waals surface area contributed by atoms with Gasteiger partial charge in [-0.05, 0) is 19.3 Å². The van der Waals surface area contributed by atoms with Gasteiger partial charge in [0, 0.05) is 12.5 Å². The molecule has 0 aromatic carbocycles. The first kappa shape index (κ1) is 8.47. The lowest BCUT2D eigenvalue weighted by molar-refractivity contribution is 0.0991. The molecular formula is C10H13N3OS. The maximum atomic E-state index is 5.58. The lowest BCUT2D eigenvalue weighted by atomic mass is 10.2. The summed E-state index contributed by atoms with van der Waals surface area (Å²) in [7, 11) is 0. The van der Waals surface area contributed by atoms with E-state index in [1.165, 1.54) is 24.3 Å². The summed E-state index contributed by atoms with van der Waals surface area (Å²) in [6.45, 7) is 1.90. The smallest absolute Gasteiger partial charge is 0.208 e. The van der Waals surface area contributed by atoms with Gasteiger partial charge in [0.25, 0.3) is 0 Å². The summed E-state index contributed by atoms with van der Waals surface area (Å²) in [6, 6.07) is 0.565. The van der Waals surface area contributed by atoms with E-state index in [0.29, 0.717) is 12.1 Å². The molecule has 0 spiro atoms. The second-order valence-corrected chi connectivity index (χ2v) is 5.68. The Hall–Kier alpha value is -0.680. The Kier molecular flexibility index (Phi) is 1.65. The number of hydrogen-bond acceptors (Lipinski definition) is 5. The molecule has 0 radical (unpaired) electrons. The van der Waals surface area contributed by atoms with Gasteiger partial charge in [0.1, 0.15) is 5.01 Å². The maximum absolute atomic E-state index is 5.58. The van der Waals surface area contributed by atoms with Crippen LogP contribution >= 0.6 is 11.3 Å². The van der Waals surface area contributed by atoms with Crippen molar-refractivity contribution >= 4 is 16.5 Å². The van der Waals surface area contributed by atoms with Gasteiger partial charge < -0.3 is 9.64 Å². The Morgan fingerprint density at radius 2 is 2.27 bits per heavy atom. The van der Waals surface area contributed by atoms with Crippen LogP contribution in [0.15, 0.2) is 0 Å². The van der Waals surface area contributed by atoms with Crippen LogP contribution in [0, 0.1) is 0 Å². The number of anilines is 1. The molecule has 3 fully saturated rings. The number of hydrogen-bond donors (Lipinski definition) is 0. The van der Waals surface area contributed by atoms with Gasteiger partial charge in [-0.3, -0.25) is 0 Å². The van der Waals surface area contributed by atoms with Crippen molar-refractivity contribution in [1.82, 2.24) is 10.2 Å². The third kappa shape index (κ3) is 1.29. The van der Waals surface area contributed by atoms with Crippen LogP contribution in [0.1, 0.15) is 30.2 Å². The molecule has 0 amide bonds. The van der Waals surface area contributed by atoms with Crippen molar-refractivity contribution in [2.75, 3.05) is 18.1 Å². The van der Waals surface area contributed by atoms with Gasteiger partial charge in [0.2, 0.25) is 5.13 Å². The molecule has 3 aliphatic rings. The van der Waals surface area contributed by atoms with Crippen molar-refractivity contribution in [3.05, 3.63) is 5.01 Å². The zero-order chi connectivity index (χ0) is 9.83. The monoisotopic (exact) mass is 223 g/mol. The molecule has 3 heterocycles. The Labute approximate surface area is 92.3 Å². The van der Waals surface area contributed by atoms with E-state index >= 15 is 0 Å². The molecule has 1 saturated carbocycles. The Bertz CT molecular complexity index is 390. The topological polar surface area (TPSA) is 38.2 Å². The van der Waals surface area contributed by atoms with E-state index in [0.717, 1.165) is 24.2 Å². The lowest BCUT2D eigenvalue weighted by Crippen LogP contribution is -2.36. The standard InChI is InChI=1S/C10H13N3OS/c1-2-6(1)9-11-12-10(15-9)13-4-8-3-7(13)5-14-8/h6-8H,1-5H2. The highest BCUT2D eigenvalue weighted by Gasteiger charge is 2.41. The fraction of sp³-hybridized carbons (Fsp3) is 0.800. The number of aromatic nitrogens is 2. The second kappa shape index (κ2) is 2.92. The van der Waals surface area contributed by atoms with Crippen LogP contribution in [0.3, 0.4) is 0 Å². The molecular weight excluding hydrogens is 210 g/mol. The van der Waals surface area contributed by atoms with E-state index in [2.05, 4.69) is 15.1 Å². The van der Waals surface area contributed by atoms with Crippen LogP contribution in [-0.2, 0) is 4.74 Å². The van der Waals surface area contributed by atoms with Crippen molar-refractivity contribution in [2.45, 2.75) is 37.3 Å². The third-order valence-corrected chi connectivity index (χ3v) is 4.63. The number of nitrogens with zero attached hydrogens (tertiary/aromatic N) is 3. The summed E-state index contributed by atoms with van der Waals surface area (Å²) in [5.74, 6) is 0.729. The molecule has 4 nitrogen and oxygen atoms in total. The number of morpholine rings is 1. The van der Waals surface area contributed by atoms with Crippen LogP contribution in [0.4, 0.5) is 5.13 Å². The van der Waals surface area contributed by atoms with E-state index in [-0.39, 0.29) is 0 Å². The van der Waals surface area contributed by atoms with Gasteiger partial charge in [0.15, 0.2) is 0 Å². The lowest BCUT2D eigenvalue weighted by Gasteiger charge is -2.25. The molecule has 5 heteroatoms. The summed E-state index contributed by atoms with van der Waals surface area (Å²) in [6.07, 6.45) is 4.25. The van der Waals surface area contributed by atoms with E-state index in [4.69, 9.17) is 4.74 Å². The predicted octanol–water partition coefficient (Wildman–Crippen LogP) is 1.39. The van der Waals surface area contributed by atoms with E-state index < -0.39 is 0 Å². The van der Waals surface area contributed by atoms with Crippen molar-refractivity contribution in [2.24, 2.45) is 0 Å². The highest BCUT2D eigenvalue weighted by molar-refractivity contribution is 7.15. The van der Waals surface area contributed by atoms with Crippen molar-refractivity contribution < 1.29 is 4.74 Å². The molecule has 2 aliphatic heterocycles. The first-order valence-electron chi connectivity index (χ1n) is 5.62. The zero-order valence-electron chi connectivity index (χ0n) is 8.43. The maximum Gasteiger partial charge on any atom is 0.208 e. The first-order valence-corrected chi connectivity index (χ1v) is 6.43. The molecule has 2 bridgehead atoms. The van der Waals surface area contributed by atoms with Crippen LogP contribution < -0.4 is 4.90 Å². The zero-order valence-corrected chi connectivity index (χ0v) is 9.24. The summed E-state index contributed by atoms with van der Waals surface area (Å²) >= 11 is 1.79. The van der Waals surface area contributed by atoms with Gasteiger partial charge in [-0.1, -0.05) is 11.3 Å². The normalized spacial score (nSPS) is 34.0. The number of fused-ring (bicyclic) bond motifs is 2. The average molecular weight is 223 g/mol. The molecule has 4 rings (SSSR count). The summed E-state index contributed by atoms with van der Waals surface area (Å²) in [5, 5.41) is 11.0. The summed E-state index contributed by atoms with van der Waals surface area (Å²) in [4.78, 5) is 2.39. The summed E-state index contributed by atoms with van der Waals surface area (Å²) in [5.41, 5.74) is 0. The van der Waals surface area contributed by atoms with Gasteiger partial charge in [-0.2, -0.15) is 0 Å². The van der Waals surface area contributed by atoms with E-state index in [1.807, 2.05) is 0 Å². The van der Waals surface area contributed by atoms with Crippen LogP contribution in [0.2, 0.25) is 0 Å². The highest BCUT2D eigenvalue weighted by atomic mass is 32.1. The fourth-order valence-electron chi connectivity index (χ4n) is 2.47. The van der Waals surface area contributed by atoms with Gasteiger partial charge in [-0.15, -0.1) is 10.2 Å². The molecule has 2 atom stereocenters. The minimum Gasteiger partial charge on any atom is -0.374 e. The van der Waals surface area contributed by atoms with Gasteiger partial charge in [0.05, 0.1) is 18.8 Å². The van der Waals surface area contributed by atoms with Crippen molar-refractivity contribution in [1.29, 1.82) is 0 Å². The van der Waals surface area contributed by atoms with E-state index in [1.54, 1.807) is 11.3 Å². The molecule has 15 heavy (non-hydrogen) atoms. The van der Waals surface area contributed by atoms with Gasteiger partial charge in [-0.25, -0.2) is 0 Å². The first-order chi connectivity index (χ1) is 7.40. The average Bonchev–Trinajstić information content (AvgIpc) is 2.74. The molecule has 1 aromatic rings. The van der Waals surface area contributed by atoms with Crippen molar-refractivity contribution in [3.63, 3.8) is 0 Å². The van der Waals surface area contributed by atoms with Crippen LogP contribution in [-0.4, -0.2) is 35.5 Å². The number of rotatable bonds is 2. The van der Waals surface area contributed by atoms with E-state index in [9.17, 15) is 0 Å². The molecule has 1 aromatic heterocycles. The Morgan fingerprint density at radius 3 is 2.93 bits per heavy atom. The second-order valence-electron chi connectivity index (χ2n) is 4.69. The molecule has 0 N–H and O–H groups in total. The van der Waals surface area contributed by atoms with Crippen molar-refractivity contribution in [3.8, 4) is 0 Å². The van der Waals surface area contributed by atoms with Gasteiger partial charge >= 0.3 is 0 Å². The molecule has 2 unspecified atom stereocenters. The Balaban J connectivity index is 1.60. The molecule has 1 aliphatic carbocycles. The third-order valence-electron chi connectivity index (χ3n) is 3.50. The highest BCUT2D eigenvalue weighted by Crippen LogP contribution is 2.43. The molecule has 80 valence electrons. The van der Waals surface area contributed by atoms with Crippen LogP contribution in [0.5, 0.6) is 0 Å². The quantitative estimate of drug-likeness (QED) is 0.759.